The van der Waals surface area contributed by atoms with Gasteiger partial charge in [-0.2, -0.15) is 13.2 Å². The fraction of sp³-hybridized carbons (Fsp3) is 0.0833. The molecule has 0 bridgehead atoms. The monoisotopic (exact) mass is 332 g/mol. The van der Waals surface area contributed by atoms with E-state index >= 15 is 0 Å². The first kappa shape index (κ1) is 13.7. The highest BCUT2D eigenvalue weighted by molar-refractivity contribution is 9.10. The van der Waals surface area contributed by atoms with E-state index in [4.69, 9.17) is 10.5 Å². The lowest BCUT2D eigenvalue weighted by atomic mass is 10.2. The van der Waals surface area contributed by atoms with Gasteiger partial charge < -0.3 is 10.5 Å². The number of pyridine rings is 1. The maximum absolute atomic E-state index is 12.5. The van der Waals surface area contributed by atoms with Gasteiger partial charge in [-0.15, -0.1) is 0 Å². The molecule has 0 aliphatic heterocycles. The van der Waals surface area contributed by atoms with Crippen LogP contribution in [0.1, 0.15) is 5.56 Å². The van der Waals surface area contributed by atoms with Gasteiger partial charge in [-0.05, 0) is 24.3 Å². The predicted octanol–water partition coefficient (Wildman–Crippen LogP) is 4.24. The molecule has 0 unspecified atom stereocenters. The molecule has 0 radical (unpaired) electrons. The highest BCUT2D eigenvalue weighted by Crippen LogP contribution is 2.33. The Bertz CT molecular complexity index is 602. The van der Waals surface area contributed by atoms with E-state index in [2.05, 4.69) is 20.9 Å². The van der Waals surface area contributed by atoms with Crippen LogP contribution in [0.3, 0.4) is 0 Å². The molecular formula is C12H8BrF3N2O. The molecule has 2 N–H and O–H groups in total. The fourth-order valence-corrected chi connectivity index (χ4v) is 1.75. The number of nitrogens with zero attached hydrogens (tertiary/aromatic N) is 1. The molecule has 100 valence electrons. The van der Waals surface area contributed by atoms with Crippen molar-refractivity contribution in [1.29, 1.82) is 0 Å². The number of ether oxygens (including phenoxy) is 1. The van der Waals surface area contributed by atoms with Gasteiger partial charge in [0.1, 0.15) is 0 Å². The molecular weight excluding hydrogens is 325 g/mol. The first-order valence-electron chi connectivity index (χ1n) is 5.12. The maximum Gasteiger partial charge on any atom is 0.416 e. The van der Waals surface area contributed by atoms with Gasteiger partial charge in [-0.25, -0.2) is 4.98 Å². The molecule has 0 saturated carbocycles. The van der Waals surface area contributed by atoms with Crippen LogP contribution in [0, 0.1) is 0 Å². The Morgan fingerprint density at radius 3 is 2.53 bits per heavy atom. The van der Waals surface area contributed by atoms with E-state index in [9.17, 15) is 13.2 Å². The predicted molar refractivity (Wildman–Crippen MR) is 67.9 cm³/mol. The molecule has 1 aromatic carbocycles. The van der Waals surface area contributed by atoms with E-state index in [1.807, 2.05) is 0 Å². The van der Waals surface area contributed by atoms with Crippen LogP contribution in [0.25, 0.3) is 0 Å². The van der Waals surface area contributed by atoms with Crippen molar-refractivity contribution in [3.05, 3.63) is 46.6 Å². The molecule has 7 heteroatoms. The molecule has 0 spiro atoms. The third kappa shape index (κ3) is 3.37. The van der Waals surface area contributed by atoms with Crippen LogP contribution in [0.4, 0.5) is 18.9 Å². The van der Waals surface area contributed by atoms with Gasteiger partial charge in [0.25, 0.3) is 0 Å². The topological polar surface area (TPSA) is 48.1 Å². The Kier molecular flexibility index (Phi) is 3.66. The van der Waals surface area contributed by atoms with Crippen molar-refractivity contribution in [3.8, 4) is 11.6 Å². The first-order valence-corrected chi connectivity index (χ1v) is 5.92. The summed E-state index contributed by atoms with van der Waals surface area (Å²) in [6.07, 6.45) is -3.40. The number of halogens is 4. The van der Waals surface area contributed by atoms with Crippen molar-refractivity contribution in [1.82, 2.24) is 4.98 Å². The summed E-state index contributed by atoms with van der Waals surface area (Å²) >= 11 is 3.22. The number of anilines is 1. The minimum absolute atomic E-state index is 0.163. The summed E-state index contributed by atoms with van der Waals surface area (Å²) in [7, 11) is 0. The molecule has 2 aromatic rings. The first-order chi connectivity index (χ1) is 8.86. The van der Waals surface area contributed by atoms with Crippen LogP contribution in [0.15, 0.2) is 41.0 Å². The van der Waals surface area contributed by atoms with E-state index in [1.165, 1.54) is 0 Å². The maximum atomic E-state index is 12.5. The SMILES string of the molecule is Nc1cc(Br)ccc1Oc1cc(C(F)(F)F)ccn1. The minimum Gasteiger partial charge on any atom is -0.437 e. The summed E-state index contributed by atoms with van der Waals surface area (Å²) in [5.74, 6) is 0.0823. The second-order valence-corrected chi connectivity index (χ2v) is 4.58. The number of nitrogen functional groups attached to an aromatic ring is 1. The quantitative estimate of drug-likeness (QED) is 0.837. The standard InChI is InChI=1S/C12H8BrF3N2O/c13-8-1-2-10(9(17)6-8)19-11-5-7(3-4-18-11)12(14,15)16/h1-6H,17H2. The summed E-state index contributed by atoms with van der Waals surface area (Å²) in [6.45, 7) is 0. The molecule has 0 saturated heterocycles. The van der Waals surface area contributed by atoms with Crippen molar-refractivity contribution in [2.75, 3.05) is 5.73 Å². The van der Waals surface area contributed by atoms with Gasteiger partial charge in [0.05, 0.1) is 11.3 Å². The molecule has 0 aliphatic carbocycles. The summed E-state index contributed by atoms with van der Waals surface area (Å²) < 4.78 is 43.6. The zero-order chi connectivity index (χ0) is 14.0. The third-order valence-electron chi connectivity index (χ3n) is 2.25. The molecule has 0 aliphatic rings. The van der Waals surface area contributed by atoms with Crippen molar-refractivity contribution in [2.24, 2.45) is 0 Å². The van der Waals surface area contributed by atoms with Crippen LogP contribution in [-0.2, 0) is 6.18 Å². The van der Waals surface area contributed by atoms with E-state index in [1.54, 1.807) is 18.2 Å². The average molecular weight is 333 g/mol. The number of hydrogen-bond donors (Lipinski definition) is 1. The van der Waals surface area contributed by atoms with Crippen molar-refractivity contribution >= 4 is 21.6 Å². The Labute approximate surface area is 115 Å². The van der Waals surface area contributed by atoms with Crippen LogP contribution >= 0.6 is 15.9 Å². The van der Waals surface area contributed by atoms with E-state index in [0.717, 1.165) is 22.8 Å². The molecule has 1 aromatic heterocycles. The summed E-state index contributed by atoms with van der Waals surface area (Å²) in [5, 5.41) is 0. The van der Waals surface area contributed by atoms with Crippen molar-refractivity contribution in [2.45, 2.75) is 6.18 Å². The van der Waals surface area contributed by atoms with Crippen molar-refractivity contribution in [3.63, 3.8) is 0 Å². The molecule has 0 fully saturated rings. The molecule has 19 heavy (non-hydrogen) atoms. The summed E-state index contributed by atoms with van der Waals surface area (Å²) in [4.78, 5) is 3.72. The highest BCUT2D eigenvalue weighted by Gasteiger charge is 2.31. The molecule has 0 amide bonds. The van der Waals surface area contributed by atoms with E-state index < -0.39 is 11.7 Å². The van der Waals surface area contributed by atoms with Crippen molar-refractivity contribution < 1.29 is 17.9 Å². The lowest BCUT2D eigenvalue weighted by molar-refractivity contribution is -0.137. The Morgan fingerprint density at radius 1 is 1.16 bits per heavy atom. The van der Waals surface area contributed by atoms with Crippen LogP contribution in [0.5, 0.6) is 11.6 Å². The number of benzene rings is 1. The Balaban J connectivity index is 2.29. The average Bonchev–Trinajstić information content (AvgIpc) is 2.32. The van der Waals surface area contributed by atoms with E-state index in [-0.39, 0.29) is 11.6 Å². The zero-order valence-electron chi connectivity index (χ0n) is 9.41. The second kappa shape index (κ2) is 5.08. The third-order valence-corrected chi connectivity index (χ3v) is 2.74. The number of aromatic nitrogens is 1. The lowest BCUT2D eigenvalue weighted by Crippen LogP contribution is -2.05. The van der Waals surface area contributed by atoms with Crippen LogP contribution < -0.4 is 10.5 Å². The van der Waals surface area contributed by atoms with Gasteiger partial charge in [-0.1, -0.05) is 15.9 Å². The van der Waals surface area contributed by atoms with Crippen LogP contribution in [0.2, 0.25) is 0 Å². The normalized spacial score (nSPS) is 11.4. The van der Waals surface area contributed by atoms with Gasteiger partial charge in [0.15, 0.2) is 5.75 Å². The molecule has 2 rings (SSSR count). The summed E-state index contributed by atoms with van der Waals surface area (Å²) in [6, 6.07) is 6.49. The zero-order valence-corrected chi connectivity index (χ0v) is 11.0. The van der Waals surface area contributed by atoms with Gasteiger partial charge in [0.2, 0.25) is 5.88 Å². The smallest absolute Gasteiger partial charge is 0.416 e. The highest BCUT2D eigenvalue weighted by atomic mass is 79.9. The van der Waals surface area contributed by atoms with Gasteiger partial charge in [-0.3, -0.25) is 0 Å². The molecule has 1 heterocycles. The van der Waals surface area contributed by atoms with Crippen LogP contribution in [-0.4, -0.2) is 4.98 Å². The van der Waals surface area contributed by atoms with E-state index in [0.29, 0.717) is 5.69 Å². The molecule has 0 atom stereocenters. The Hall–Kier alpha value is -1.76. The van der Waals surface area contributed by atoms with Gasteiger partial charge >= 0.3 is 6.18 Å². The number of hydrogen-bond acceptors (Lipinski definition) is 3. The largest absolute Gasteiger partial charge is 0.437 e. The second-order valence-electron chi connectivity index (χ2n) is 3.66. The summed E-state index contributed by atoms with van der Waals surface area (Å²) in [5.41, 5.74) is 5.16. The molecule has 3 nitrogen and oxygen atoms in total. The minimum atomic E-state index is -4.44. The number of alkyl halides is 3. The fourth-order valence-electron chi connectivity index (χ4n) is 1.37. The van der Waals surface area contributed by atoms with Gasteiger partial charge in [0, 0.05) is 16.7 Å². The lowest BCUT2D eigenvalue weighted by Gasteiger charge is -2.10. The Morgan fingerprint density at radius 2 is 1.89 bits per heavy atom. The number of nitrogens with two attached hydrogens (primary N) is 1. The number of rotatable bonds is 2.